The summed E-state index contributed by atoms with van der Waals surface area (Å²) in [6.45, 7) is 0. The van der Waals surface area contributed by atoms with E-state index in [1.807, 2.05) is 108 Å². The number of hydrogen-bond donors (Lipinski definition) is 10. The van der Waals surface area contributed by atoms with Crippen LogP contribution in [0.1, 0.15) is 0 Å². The van der Waals surface area contributed by atoms with Gasteiger partial charge >= 0.3 is 0 Å². The number of aromatic nitrogens is 4. The van der Waals surface area contributed by atoms with Gasteiger partial charge in [-0.15, -0.1) is 11.3 Å². The first-order valence-corrected chi connectivity index (χ1v) is 21.0. The zero-order valence-electron chi connectivity index (χ0n) is 33.9. The van der Waals surface area contributed by atoms with Crippen LogP contribution >= 0.6 is 11.3 Å². The summed E-state index contributed by atoms with van der Waals surface area (Å²) in [5.41, 5.74) is 2.65. The van der Waals surface area contributed by atoms with Crippen LogP contribution in [-0.2, 0) is 0 Å². The van der Waals surface area contributed by atoms with Crippen molar-refractivity contribution in [2.24, 2.45) is 0 Å². The van der Waals surface area contributed by atoms with Crippen LogP contribution in [0.25, 0.3) is 104 Å². The van der Waals surface area contributed by atoms with Crippen molar-refractivity contribution in [3.63, 3.8) is 0 Å². The second-order valence-corrected chi connectivity index (χ2v) is 16.6. The summed E-state index contributed by atoms with van der Waals surface area (Å²) in [5, 5.41) is 111. The fourth-order valence-electron chi connectivity index (χ4n) is 8.58. The Balaban J connectivity index is 1.15. The third kappa shape index (κ3) is 5.91. The maximum absolute atomic E-state index is 11.4. The predicted molar refractivity (Wildman–Crippen MR) is 251 cm³/mol. The number of phenols is 10. The molecule has 0 saturated heterocycles. The van der Waals surface area contributed by atoms with Gasteiger partial charge in [-0.1, -0.05) is 91.0 Å². The number of benzene rings is 8. The van der Waals surface area contributed by atoms with Crippen molar-refractivity contribution >= 4 is 53.3 Å². The number of para-hydroxylation sites is 1. The molecule has 3 aromatic heterocycles. The zero-order valence-corrected chi connectivity index (χ0v) is 34.7. The number of hydrogen-bond acceptors (Lipinski definition) is 14. The summed E-state index contributed by atoms with van der Waals surface area (Å²) in [7, 11) is 0. The maximum Gasteiger partial charge on any atom is 0.208 e. The van der Waals surface area contributed by atoms with E-state index in [9.17, 15) is 51.1 Å². The first kappa shape index (κ1) is 39.6. The first-order valence-electron chi connectivity index (χ1n) is 20.2. The quantitative estimate of drug-likeness (QED) is 0.0552. The van der Waals surface area contributed by atoms with Crippen LogP contribution < -0.4 is 0 Å². The average molecular weight is 893 g/mol. The van der Waals surface area contributed by atoms with Crippen LogP contribution in [0, 0.1) is 0 Å². The first-order chi connectivity index (χ1) is 31.9. The van der Waals surface area contributed by atoms with E-state index in [0.29, 0.717) is 39.4 Å². The highest BCUT2D eigenvalue weighted by Gasteiger charge is 2.31. The van der Waals surface area contributed by atoms with Crippen molar-refractivity contribution in [3.05, 3.63) is 133 Å². The van der Waals surface area contributed by atoms with E-state index in [1.54, 1.807) is 29.5 Å². The molecule has 0 aliphatic carbocycles. The van der Waals surface area contributed by atoms with Crippen molar-refractivity contribution in [1.29, 1.82) is 0 Å². The minimum atomic E-state index is -1.19. The summed E-state index contributed by atoms with van der Waals surface area (Å²) < 4.78 is 3.72. The molecule has 11 aromatic rings. The van der Waals surface area contributed by atoms with E-state index in [2.05, 4.69) is 0 Å². The Kier molecular flexibility index (Phi) is 8.82. The number of aromatic hydroxyl groups is 10. The molecule has 0 fully saturated rings. The lowest BCUT2D eigenvalue weighted by Gasteiger charge is -2.18. The van der Waals surface area contributed by atoms with E-state index >= 15 is 0 Å². The van der Waals surface area contributed by atoms with Gasteiger partial charge in [0.1, 0.15) is 0 Å². The van der Waals surface area contributed by atoms with Crippen molar-refractivity contribution in [2.75, 3.05) is 0 Å². The topological polar surface area (TPSA) is 246 Å². The molecule has 8 aromatic carbocycles. The molecule has 0 saturated carbocycles. The zero-order chi connectivity index (χ0) is 45.7. The van der Waals surface area contributed by atoms with Crippen molar-refractivity contribution in [1.82, 2.24) is 19.5 Å². The van der Waals surface area contributed by atoms with E-state index in [4.69, 9.17) is 15.0 Å². The molecule has 0 bridgehead atoms. The molecule has 0 radical (unpaired) electrons. The van der Waals surface area contributed by atoms with Gasteiger partial charge in [0.05, 0.1) is 22.2 Å². The van der Waals surface area contributed by atoms with E-state index in [-0.39, 0.29) is 16.6 Å². The number of thiophene rings is 1. The van der Waals surface area contributed by atoms with Gasteiger partial charge < -0.3 is 55.6 Å². The van der Waals surface area contributed by atoms with Gasteiger partial charge in [0.2, 0.25) is 34.5 Å². The summed E-state index contributed by atoms with van der Waals surface area (Å²) in [5.74, 6) is -9.45. The second-order valence-electron chi connectivity index (χ2n) is 15.5. The van der Waals surface area contributed by atoms with Crippen LogP contribution in [-0.4, -0.2) is 70.6 Å². The third-order valence-corrected chi connectivity index (χ3v) is 12.9. The Labute approximate surface area is 375 Å². The lowest BCUT2D eigenvalue weighted by Crippen LogP contribution is -1.99. The Morgan fingerprint density at radius 3 is 1.45 bits per heavy atom. The number of rotatable bonds is 6. The van der Waals surface area contributed by atoms with Gasteiger partial charge in [0.25, 0.3) is 0 Å². The van der Waals surface area contributed by atoms with Gasteiger partial charge in [0.15, 0.2) is 40.5 Å². The van der Waals surface area contributed by atoms with E-state index in [0.717, 1.165) is 36.9 Å². The Morgan fingerprint density at radius 2 is 0.864 bits per heavy atom. The summed E-state index contributed by atoms with van der Waals surface area (Å²) in [6.07, 6.45) is 0. The standard InChI is InChI=1S/C51H32N4O10S/c56-39-36(40(57)44(61)47(64)43(39)60)26-19-31-28-13-7-8-14-33(28)55(38(31)32(20-26)37-41(58)45(62)48(65)46(63)42(37)59)27-16-18-34-30(22-27)29-17-15-25(21-35(29)66-34)51-53-49(23-9-3-1-4-10-23)52-50(54-51)24-11-5-2-6-12-24/h1-22,56-65H. The van der Waals surface area contributed by atoms with Crippen LogP contribution in [0.5, 0.6) is 57.5 Å². The molecular formula is C51H32N4O10S. The summed E-state index contributed by atoms with van der Waals surface area (Å²) in [4.78, 5) is 14.6. The normalized spacial score (nSPS) is 11.6. The minimum absolute atomic E-state index is 0.104. The SMILES string of the molecule is Oc1c(O)c(O)c(-c2cc(-c3c(O)c(O)c(O)c(O)c3O)c3c(c2)c2ccccc2n3-c2ccc3sc4cc(-c5nc(-c6ccccc6)nc(-c6ccccc6)n5)ccc4c3c2)c(O)c1O. The summed E-state index contributed by atoms with van der Waals surface area (Å²) >= 11 is 1.57. The molecule has 0 atom stereocenters. The monoisotopic (exact) mass is 892 g/mol. The second kappa shape index (κ2) is 14.7. The number of fused-ring (bicyclic) bond motifs is 6. The fourth-order valence-corrected chi connectivity index (χ4v) is 9.71. The molecular weight excluding hydrogens is 861 g/mol. The average Bonchev–Trinajstić information content (AvgIpc) is 3.89. The highest BCUT2D eigenvalue weighted by Crippen LogP contribution is 2.59. The lowest BCUT2D eigenvalue weighted by molar-refractivity contribution is 0.330. The lowest BCUT2D eigenvalue weighted by atomic mass is 9.92. The molecule has 15 heteroatoms. The Bertz CT molecular complexity index is 3720. The third-order valence-electron chi connectivity index (χ3n) is 11.7. The van der Waals surface area contributed by atoms with Gasteiger partial charge in [-0.3, -0.25) is 0 Å². The van der Waals surface area contributed by atoms with Crippen molar-refractivity contribution in [3.8, 4) is 120 Å². The van der Waals surface area contributed by atoms with Gasteiger partial charge in [-0.2, -0.15) is 0 Å². The van der Waals surface area contributed by atoms with Crippen LogP contribution in [0.2, 0.25) is 0 Å². The van der Waals surface area contributed by atoms with Crippen LogP contribution in [0.15, 0.2) is 133 Å². The largest absolute Gasteiger partial charge is 0.504 e. The molecule has 11 rings (SSSR count). The van der Waals surface area contributed by atoms with Crippen molar-refractivity contribution < 1.29 is 51.1 Å². The molecule has 0 aliphatic heterocycles. The predicted octanol–water partition coefficient (Wildman–Crippen LogP) is 10.7. The van der Waals surface area contributed by atoms with Gasteiger partial charge in [-0.05, 0) is 48.0 Å². The fraction of sp³-hybridized carbons (Fsp3) is 0. The summed E-state index contributed by atoms with van der Waals surface area (Å²) in [6, 6.07) is 41.2. The Morgan fingerprint density at radius 1 is 0.348 bits per heavy atom. The van der Waals surface area contributed by atoms with Crippen LogP contribution in [0.4, 0.5) is 0 Å². The Hall–Kier alpha value is -9.21. The highest BCUT2D eigenvalue weighted by atomic mass is 32.1. The maximum atomic E-state index is 11.4. The molecule has 0 amide bonds. The van der Waals surface area contributed by atoms with Gasteiger partial charge in [0, 0.05) is 58.9 Å². The van der Waals surface area contributed by atoms with Crippen LogP contribution in [0.3, 0.4) is 0 Å². The minimum Gasteiger partial charge on any atom is -0.504 e. The molecule has 3 heterocycles. The highest BCUT2D eigenvalue weighted by molar-refractivity contribution is 7.25. The molecule has 10 N–H and O–H groups in total. The molecule has 66 heavy (non-hydrogen) atoms. The van der Waals surface area contributed by atoms with E-state index in [1.165, 1.54) is 12.1 Å². The van der Waals surface area contributed by atoms with E-state index < -0.39 is 68.6 Å². The molecule has 322 valence electrons. The van der Waals surface area contributed by atoms with Gasteiger partial charge in [-0.25, -0.2) is 15.0 Å². The number of phenolic OH excluding ortho intramolecular Hbond substituents is 10. The molecule has 0 spiro atoms. The smallest absolute Gasteiger partial charge is 0.208 e. The molecule has 14 nitrogen and oxygen atoms in total. The molecule has 0 aliphatic rings. The molecule has 0 unspecified atom stereocenters. The number of nitrogens with zero attached hydrogens (tertiary/aromatic N) is 4. The van der Waals surface area contributed by atoms with Crippen molar-refractivity contribution in [2.45, 2.75) is 0 Å².